The highest BCUT2D eigenvalue weighted by atomic mass is 16.3. The van der Waals surface area contributed by atoms with Crippen molar-refractivity contribution in [1.29, 1.82) is 0 Å². The van der Waals surface area contributed by atoms with Crippen LogP contribution in [0.15, 0.2) is 18.3 Å². The van der Waals surface area contributed by atoms with E-state index >= 15 is 0 Å². The lowest BCUT2D eigenvalue weighted by Crippen LogP contribution is -2.31. The molecule has 0 bridgehead atoms. The molecule has 2 heterocycles. The van der Waals surface area contributed by atoms with Gasteiger partial charge in [-0.15, -0.1) is 0 Å². The van der Waals surface area contributed by atoms with E-state index in [1.165, 1.54) is 12.8 Å². The van der Waals surface area contributed by atoms with Crippen LogP contribution in [0.4, 0.5) is 16.3 Å². The SMILES string of the molecule is O=C(NCCO)Nc1ccc(N2CCCC2)nc1. The van der Waals surface area contributed by atoms with E-state index in [-0.39, 0.29) is 19.2 Å². The van der Waals surface area contributed by atoms with Crippen molar-refractivity contribution in [2.75, 3.05) is 36.5 Å². The highest BCUT2D eigenvalue weighted by Gasteiger charge is 2.13. The lowest BCUT2D eigenvalue weighted by Gasteiger charge is -2.16. The van der Waals surface area contributed by atoms with Gasteiger partial charge in [0.15, 0.2) is 0 Å². The number of aromatic nitrogens is 1. The van der Waals surface area contributed by atoms with Gasteiger partial charge in [-0.1, -0.05) is 0 Å². The van der Waals surface area contributed by atoms with Crippen LogP contribution in [0.2, 0.25) is 0 Å². The quantitative estimate of drug-likeness (QED) is 0.738. The molecule has 0 spiro atoms. The Morgan fingerprint density at radius 2 is 2.17 bits per heavy atom. The van der Waals surface area contributed by atoms with Crippen LogP contribution in [-0.2, 0) is 0 Å². The number of hydrogen-bond donors (Lipinski definition) is 3. The van der Waals surface area contributed by atoms with Gasteiger partial charge in [0.2, 0.25) is 0 Å². The van der Waals surface area contributed by atoms with Crippen LogP contribution in [0.1, 0.15) is 12.8 Å². The first-order valence-electron chi connectivity index (χ1n) is 6.16. The van der Waals surface area contributed by atoms with E-state index in [2.05, 4.69) is 20.5 Å². The van der Waals surface area contributed by atoms with Gasteiger partial charge in [-0.2, -0.15) is 0 Å². The van der Waals surface area contributed by atoms with Gasteiger partial charge >= 0.3 is 6.03 Å². The summed E-state index contributed by atoms with van der Waals surface area (Å²) in [6.45, 7) is 2.28. The largest absolute Gasteiger partial charge is 0.395 e. The van der Waals surface area contributed by atoms with Crippen molar-refractivity contribution < 1.29 is 9.90 Å². The molecule has 6 nitrogen and oxygen atoms in total. The molecule has 18 heavy (non-hydrogen) atoms. The number of anilines is 2. The number of amides is 2. The molecule has 0 atom stereocenters. The molecule has 0 aromatic carbocycles. The molecule has 2 amide bonds. The molecule has 1 saturated heterocycles. The molecule has 3 N–H and O–H groups in total. The number of aliphatic hydroxyl groups excluding tert-OH is 1. The van der Waals surface area contributed by atoms with Crippen LogP contribution < -0.4 is 15.5 Å². The Morgan fingerprint density at radius 1 is 1.39 bits per heavy atom. The first-order valence-corrected chi connectivity index (χ1v) is 6.16. The number of pyridine rings is 1. The van der Waals surface area contributed by atoms with Gasteiger partial charge in [-0.25, -0.2) is 9.78 Å². The maximum absolute atomic E-state index is 11.3. The number of carbonyl (C=O) groups is 1. The Morgan fingerprint density at radius 3 is 2.78 bits per heavy atom. The summed E-state index contributed by atoms with van der Waals surface area (Å²) in [7, 11) is 0. The predicted molar refractivity (Wildman–Crippen MR) is 69.8 cm³/mol. The van der Waals surface area contributed by atoms with E-state index in [4.69, 9.17) is 5.11 Å². The van der Waals surface area contributed by atoms with E-state index < -0.39 is 0 Å². The minimum Gasteiger partial charge on any atom is -0.395 e. The smallest absolute Gasteiger partial charge is 0.319 e. The Balaban J connectivity index is 1.88. The van der Waals surface area contributed by atoms with Gasteiger partial charge in [-0.3, -0.25) is 0 Å². The molecular weight excluding hydrogens is 232 g/mol. The summed E-state index contributed by atoms with van der Waals surface area (Å²) < 4.78 is 0. The van der Waals surface area contributed by atoms with Crippen molar-refractivity contribution in [3.63, 3.8) is 0 Å². The predicted octanol–water partition coefficient (Wildman–Crippen LogP) is 0.796. The van der Waals surface area contributed by atoms with E-state index in [0.717, 1.165) is 18.9 Å². The first-order chi connectivity index (χ1) is 8.79. The lowest BCUT2D eigenvalue weighted by molar-refractivity contribution is 0.245. The number of nitrogens with zero attached hydrogens (tertiary/aromatic N) is 2. The number of carbonyl (C=O) groups excluding carboxylic acids is 1. The van der Waals surface area contributed by atoms with Gasteiger partial charge in [-0.05, 0) is 25.0 Å². The summed E-state index contributed by atoms with van der Waals surface area (Å²) >= 11 is 0. The second-order valence-corrected chi connectivity index (χ2v) is 4.20. The van der Waals surface area contributed by atoms with Crippen molar-refractivity contribution >= 4 is 17.5 Å². The molecule has 1 aromatic rings. The summed E-state index contributed by atoms with van der Waals surface area (Å²) in [5.74, 6) is 0.953. The van der Waals surface area contributed by atoms with Gasteiger partial charge in [0.05, 0.1) is 18.5 Å². The fraction of sp³-hybridized carbons (Fsp3) is 0.500. The van der Waals surface area contributed by atoms with Crippen molar-refractivity contribution in [1.82, 2.24) is 10.3 Å². The molecule has 0 saturated carbocycles. The first kappa shape index (κ1) is 12.6. The highest BCUT2D eigenvalue weighted by Crippen LogP contribution is 2.18. The second-order valence-electron chi connectivity index (χ2n) is 4.20. The average Bonchev–Trinajstić information content (AvgIpc) is 2.91. The number of hydrogen-bond acceptors (Lipinski definition) is 4. The second kappa shape index (κ2) is 6.20. The molecule has 1 aromatic heterocycles. The lowest BCUT2D eigenvalue weighted by atomic mass is 10.4. The van der Waals surface area contributed by atoms with Crippen molar-refractivity contribution in [2.45, 2.75) is 12.8 Å². The minimum absolute atomic E-state index is 0.0699. The number of rotatable bonds is 4. The molecular formula is C12H18N4O2. The molecule has 0 unspecified atom stereocenters. The van der Waals surface area contributed by atoms with Gasteiger partial charge in [0.25, 0.3) is 0 Å². The molecule has 0 radical (unpaired) electrons. The molecule has 1 aliphatic heterocycles. The van der Waals surface area contributed by atoms with Crippen molar-refractivity contribution in [3.8, 4) is 0 Å². The maximum atomic E-state index is 11.3. The third-order valence-corrected chi connectivity index (χ3v) is 2.83. The Labute approximate surface area is 106 Å². The normalized spacial score (nSPS) is 14.6. The zero-order valence-electron chi connectivity index (χ0n) is 10.2. The Bertz CT molecular complexity index is 388. The zero-order valence-corrected chi connectivity index (χ0v) is 10.2. The third-order valence-electron chi connectivity index (χ3n) is 2.83. The van der Waals surface area contributed by atoms with E-state index in [0.29, 0.717) is 5.69 Å². The van der Waals surface area contributed by atoms with E-state index in [9.17, 15) is 4.79 Å². The van der Waals surface area contributed by atoms with E-state index in [1.54, 1.807) is 6.20 Å². The third kappa shape index (κ3) is 3.33. The molecule has 98 valence electrons. The standard InChI is InChI=1S/C12H18N4O2/c17-8-5-13-12(18)15-10-3-4-11(14-9-10)16-6-1-2-7-16/h3-4,9,17H,1-2,5-8H2,(H2,13,15,18). The number of nitrogens with one attached hydrogen (secondary N) is 2. The van der Waals surface area contributed by atoms with Crippen molar-refractivity contribution in [3.05, 3.63) is 18.3 Å². The van der Waals surface area contributed by atoms with Crippen LogP contribution in [0.3, 0.4) is 0 Å². The van der Waals surface area contributed by atoms with Crippen molar-refractivity contribution in [2.24, 2.45) is 0 Å². The summed E-state index contributed by atoms with van der Waals surface area (Å²) in [6, 6.07) is 3.41. The summed E-state index contributed by atoms with van der Waals surface area (Å²) in [5.41, 5.74) is 0.647. The number of aliphatic hydroxyl groups is 1. The topological polar surface area (TPSA) is 77.5 Å². The van der Waals surface area contributed by atoms with Gasteiger partial charge in [0.1, 0.15) is 5.82 Å². The summed E-state index contributed by atoms with van der Waals surface area (Å²) in [4.78, 5) is 17.9. The Kier molecular flexibility index (Phi) is 4.35. The van der Waals surface area contributed by atoms with Crippen LogP contribution in [0.5, 0.6) is 0 Å². The monoisotopic (exact) mass is 250 g/mol. The average molecular weight is 250 g/mol. The summed E-state index contributed by atoms with van der Waals surface area (Å²) in [5, 5.41) is 13.7. The zero-order chi connectivity index (χ0) is 12.8. The maximum Gasteiger partial charge on any atom is 0.319 e. The molecule has 2 rings (SSSR count). The fourth-order valence-corrected chi connectivity index (χ4v) is 1.94. The van der Waals surface area contributed by atoms with Crippen LogP contribution in [0, 0.1) is 0 Å². The van der Waals surface area contributed by atoms with E-state index in [1.807, 2.05) is 12.1 Å². The molecule has 0 aliphatic carbocycles. The Hall–Kier alpha value is -1.82. The minimum atomic E-state index is -0.334. The van der Waals surface area contributed by atoms with Crippen LogP contribution >= 0.6 is 0 Å². The van der Waals surface area contributed by atoms with Gasteiger partial charge < -0.3 is 20.6 Å². The summed E-state index contributed by atoms with van der Waals surface area (Å²) in [6.07, 6.45) is 4.07. The van der Waals surface area contributed by atoms with Crippen LogP contribution in [0.25, 0.3) is 0 Å². The molecule has 6 heteroatoms. The molecule has 1 aliphatic rings. The molecule has 1 fully saturated rings. The number of urea groups is 1. The van der Waals surface area contributed by atoms with Crippen LogP contribution in [-0.4, -0.2) is 42.4 Å². The fourth-order valence-electron chi connectivity index (χ4n) is 1.94. The highest BCUT2D eigenvalue weighted by molar-refractivity contribution is 5.89. The van der Waals surface area contributed by atoms with Gasteiger partial charge in [0, 0.05) is 19.6 Å².